The van der Waals surface area contributed by atoms with Gasteiger partial charge in [-0.3, -0.25) is 9.59 Å². The fourth-order valence-corrected chi connectivity index (χ4v) is 3.67. The molecule has 0 radical (unpaired) electrons. The third-order valence-electron chi connectivity index (χ3n) is 5.23. The van der Waals surface area contributed by atoms with Crippen LogP contribution in [0.2, 0.25) is 0 Å². The number of aliphatic hydroxyl groups is 1. The zero-order valence-corrected chi connectivity index (χ0v) is 16.5. The lowest BCUT2D eigenvalue weighted by Gasteiger charge is -2.25. The maximum Gasteiger partial charge on any atom is 0.295 e. The van der Waals surface area contributed by atoms with Crippen LogP contribution in [0.3, 0.4) is 0 Å². The minimum atomic E-state index is -0.609. The molecule has 0 saturated carbocycles. The lowest BCUT2D eigenvalue weighted by Crippen LogP contribution is -2.30. The number of hydrogen-bond donors (Lipinski definition) is 1. The summed E-state index contributed by atoms with van der Waals surface area (Å²) in [6, 6.07) is 16.2. The second-order valence-corrected chi connectivity index (χ2v) is 7.33. The summed E-state index contributed by atoms with van der Waals surface area (Å²) in [6.07, 6.45) is 4.06. The highest BCUT2D eigenvalue weighted by Crippen LogP contribution is 2.39. The zero-order chi connectivity index (χ0) is 20.1. The molecule has 1 aliphatic heterocycles. The Morgan fingerprint density at radius 3 is 2.29 bits per heavy atom. The van der Waals surface area contributed by atoms with Crippen molar-refractivity contribution < 1.29 is 14.7 Å². The quantitative estimate of drug-likeness (QED) is 0.320. The number of Topliss-reactive ketones (excluding diaryl/α,β-unsaturated/α-hetero) is 1. The number of aryl methyl sites for hydroxylation is 1. The summed E-state index contributed by atoms with van der Waals surface area (Å²) in [5.74, 6) is -1.25. The third-order valence-corrected chi connectivity index (χ3v) is 5.23. The van der Waals surface area contributed by atoms with E-state index in [0.29, 0.717) is 12.1 Å². The van der Waals surface area contributed by atoms with Crippen molar-refractivity contribution >= 4 is 17.4 Å². The van der Waals surface area contributed by atoms with Gasteiger partial charge >= 0.3 is 0 Å². The van der Waals surface area contributed by atoms with Gasteiger partial charge in [0, 0.05) is 12.1 Å². The van der Waals surface area contributed by atoms with Crippen molar-refractivity contribution in [3.05, 3.63) is 76.9 Å². The first-order valence-electron chi connectivity index (χ1n) is 9.95. The van der Waals surface area contributed by atoms with Crippen LogP contribution in [0.15, 0.2) is 60.2 Å². The van der Waals surface area contributed by atoms with Gasteiger partial charge in [-0.2, -0.15) is 0 Å². The Bertz CT molecular complexity index is 868. The summed E-state index contributed by atoms with van der Waals surface area (Å²) in [5, 5.41) is 10.9. The average molecular weight is 377 g/mol. The summed E-state index contributed by atoms with van der Waals surface area (Å²) < 4.78 is 0. The van der Waals surface area contributed by atoms with E-state index in [2.05, 4.69) is 6.92 Å². The summed E-state index contributed by atoms with van der Waals surface area (Å²) in [7, 11) is 0. The van der Waals surface area contributed by atoms with Crippen molar-refractivity contribution in [2.45, 2.75) is 45.6 Å². The molecule has 0 spiro atoms. The molecule has 0 unspecified atom stereocenters. The monoisotopic (exact) mass is 377 g/mol. The second-order valence-electron chi connectivity index (χ2n) is 7.33. The van der Waals surface area contributed by atoms with E-state index in [1.807, 2.05) is 37.3 Å². The Labute approximate surface area is 166 Å². The van der Waals surface area contributed by atoms with Crippen LogP contribution >= 0.6 is 0 Å². The molecule has 4 heteroatoms. The standard InChI is InChI=1S/C24H27NO3/c1-3-4-5-9-16-25-21(18-14-12-17(2)13-15-18)20(23(27)24(25)28)22(26)19-10-7-6-8-11-19/h6-8,10-15,21,26H,3-5,9,16H2,1-2H3/t21-/m0/s1. The molecule has 28 heavy (non-hydrogen) atoms. The molecule has 1 atom stereocenters. The molecule has 1 N–H and O–H groups in total. The number of unbranched alkanes of at least 4 members (excludes halogenated alkanes) is 3. The molecule has 1 aliphatic rings. The first-order valence-corrected chi connectivity index (χ1v) is 9.95. The molecule has 1 fully saturated rings. The van der Waals surface area contributed by atoms with E-state index in [1.165, 1.54) is 0 Å². The predicted molar refractivity (Wildman–Crippen MR) is 111 cm³/mol. The molecular formula is C24H27NO3. The lowest BCUT2D eigenvalue weighted by atomic mass is 9.94. The molecule has 0 bridgehead atoms. The van der Waals surface area contributed by atoms with Crippen LogP contribution in [0.5, 0.6) is 0 Å². The highest BCUT2D eigenvalue weighted by atomic mass is 16.3. The first-order chi connectivity index (χ1) is 13.5. The largest absolute Gasteiger partial charge is 0.507 e. The minimum absolute atomic E-state index is 0.111. The van der Waals surface area contributed by atoms with Crippen LogP contribution in [-0.4, -0.2) is 28.2 Å². The number of benzene rings is 2. The lowest BCUT2D eigenvalue weighted by molar-refractivity contribution is -0.139. The summed E-state index contributed by atoms with van der Waals surface area (Å²) >= 11 is 0. The molecular weight excluding hydrogens is 350 g/mol. The number of likely N-dealkylation sites (tertiary alicyclic amines) is 1. The Hall–Kier alpha value is -2.88. The van der Waals surface area contributed by atoms with Gasteiger partial charge in [-0.15, -0.1) is 0 Å². The fraction of sp³-hybridized carbons (Fsp3) is 0.333. The van der Waals surface area contributed by atoms with Gasteiger partial charge < -0.3 is 10.0 Å². The number of hydrogen-bond acceptors (Lipinski definition) is 3. The molecule has 1 heterocycles. The number of amides is 1. The van der Waals surface area contributed by atoms with E-state index in [0.717, 1.165) is 36.8 Å². The van der Waals surface area contributed by atoms with Gasteiger partial charge in [0.25, 0.3) is 11.7 Å². The molecule has 146 valence electrons. The molecule has 0 aliphatic carbocycles. The Morgan fingerprint density at radius 1 is 0.964 bits per heavy atom. The molecule has 1 saturated heterocycles. The SMILES string of the molecule is CCCCCCN1C(=O)C(=O)C(=C(O)c2ccccc2)[C@@H]1c1ccc(C)cc1. The van der Waals surface area contributed by atoms with E-state index in [4.69, 9.17) is 0 Å². The van der Waals surface area contributed by atoms with Gasteiger partial charge in [-0.05, 0) is 18.9 Å². The highest BCUT2D eigenvalue weighted by Gasteiger charge is 2.45. The van der Waals surface area contributed by atoms with Crippen molar-refractivity contribution in [3.63, 3.8) is 0 Å². The van der Waals surface area contributed by atoms with Gasteiger partial charge in [0.2, 0.25) is 0 Å². The number of ketones is 1. The number of carbonyl (C=O) groups is 2. The average Bonchev–Trinajstić information content (AvgIpc) is 2.97. The van der Waals surface area contributed by atoms with Crippen molar-refractivity contribution in [2.24, 2.45) is 0 Å². The van der Waals surface area contributed by atoms with Crippen LogP contribution in [0.4, 0.5) is 0 Å². The fourth-order valence-electron chi connectivity index (χ4n) is 3.67. The van der Waals surface area contributed by atoms with Crippen LogP contribution in [-0.2, 0) is 9.59 Å². The normalized spacial score (nSPS) is 18.6. The molecule has 3 rings (SSSR count). The van der Waals surface area contributed by atoms with Crippen molar-refractivity contribution in [2.75, 3.05) is 6.54 Å². The molecule has 2 aromatic carbocycles. The number of nitrogens with zero attached hydrogens (tertiary/aromatic N) is 1. The van der Waals surface area contributed by atoms with Gasteiger partial charge in [0.1, 0.15) is 5.76 Å². The number of aliphatic hydroxyl groups excluding tert-OH is 1. The van der Waals surface area contributed by atoms with Crippen molar-refractivity contribution in [1.29, 1.82) is 0 Å². The van der Waals surface area contributed by atoms with Crippen molar-refractivity contribution in [3.8, 4) is 0 Å². The molecule has 2 aromatic rings. The van der Waals surface area contributed by atoms with Crippen LogP contribution < -0.4 is 0 Å². The van der Waals surface area contributed by atoms with Gasteiger partial charge in [-0.25, -0.2) is 0 Å². The molecule has 0 aromatic heterocycles. The number of carbonyl (C=O) groups excluding carboxylic acids is 2. The second kappa shape index (κ2) is 8.87. The summed E-state index contributed by atoms with van der Waals surface area (Å²) in [4.78, 5) is 27.3. The van der Waals surface area contributed by atoms with E-state index in [1.54, 1.807) is 29.2 Å². The topological polar surface area (TPSA) is 57.6 Å². The van der Waals surface area contributed by atoms with E-state index in [9.17, 15) is 14.7 Å². The summed E-state index contributed by atoms with van der Waals surface area (Å²) in [6.45, 7) is 4.64. The predicted octanol–water partition coefficient (Wildman–Crippen LogP) is 5.00. The third kappa shape index (κ3) is 4.01. The molecule has 4 nitrogen and oxygen atoms in total. The van der Waals surface area contributed by atoms with Gasteiger partial charge in [0.15, 0.2) is 0 Å². The van der Waals surface area contributed by atoms with E-state index in [-0.39, 0.29) is 11.3 Å². The maximum absolute atomic E-state index is 12.9. The van der Waals surface area contributed by atoms with Crippen LogP contribution in [0, 0.1) is 6.92 Å². The van der Waals surface area contributed by atoms with Crippen LogP contribution in [0.1, 0.15) is 55.3 Å². The number of rotatable bonds is 7. The Morgan fingerprint density at radius 2 is 1.64 bits per heavy atom. The highest BCUT2D eigenvalue weighted by molar-refractivity contribution is 6.46. The van der Waals surface area contributed by atoms with Gasteiger partial charge in [-0.1, -0.05) is 86.3 Å². The summed E-state index contributed by atoms with van der Waals surface area (Å²) in [5.41, 5.74) is 2.67. The van der Waals surface area contributed by atoms with Crippen LogP contribution in [0.25, 0.3) is 5.76 Å². The van der Waals surface area contributed by atoms with Gasteiger partial charge in [0.05, 0.1) is 11.6 Å². The smallest absolute Gasteiger partial charge is 0.295 e. The molecule has 1 amide bonds. The first kappa shape index (κ1) is 19.9. The minimum Gasteiger partial charge on any atom is -0.507 e. The Balaban J connectivity index is 2.04. The van der Waals surface area contributed by atoms with Crippen molar-refractivity contribution in [1.82, 2.24) is 4.90 Å². The maximum atomic E-state index is 12.9. The van der Waals surface area contributed by atoms with E-state index < -0.39 is 17.7 Å². The zero-order valence-electron chi connectivity index (χ0n) is 16.5. The Kier molecular flexibility index (Phi) is 6.30. The van der Waals surface area contributed by atoms with E-state index >= 15 is 0 Å².